The lowest BCUT2D eigenvalue weighted by Gasteiger charge is -2.19. The summed E-state index contributed by atoms with van der Waals surface area (Å²) in [6.45, 7) is 0.958. The van der Waals surface area contributed by atoms with Crippen LogP contribution in [0.3, 0.4) is 0 Å². The molecule has 1 N–H and O–H groups in total. The van der Waals surface area contributed by atoms with Crippen molar-refractivity contribution in [1.82, 2.24) is 5.32 Å². The molecule has 0 bridgehead atoms. The average Bonchev–Trinajstić information content (AvgIpc) is 2.89. The lowest BCUT2D eigenvalue weighted by molar-refractivity contribution is 0.0954. The molecule has 0 spiro atoms. The quantitative estimate of drug-likeness (QED) is 0.831. The lowest BCUT2D eigenvalue weighted by Crippen LogP contribution is -2.31. The zero-order chi connectivity index (χ0) is 10.5. The van der Waals surface area contributed by atoms with E-state index >= 15 is 0 Å². The molecule has 1 aromatic heterocycles. The number of likely N-dealkylation sites (N-methyl/N-ethyl adjacent to an activating group) is 1. The van der Waals surface area contributed by atoms with Crippen molar-refractivity contribution in [2.24, 2.45) is 0 Å². The second-order valence-corrected chi connectivity index (χ2v) is 4.97. The number of hydrogen-bond acceptors (Lipinski definition) is 3. The Balaban J connectivity index is 1.81. The Morgan fingerprint density at radius 2 is 2.60 bits per heavy atom. The van der Waals surface area contributed by atoms with Gasteiger partial charge in [0.1, 0.15) is 0 Å². The molecule has 2 heterocycles. The van der Waals surface area contributed by atoms with Crippen LogP contribution in [-0.4, -0.2) is 25.8 Å². The van der Waals surface area contributed by atoms with Crippen molar-refractivity contribution in [3.63, 3.8) is 0 Å². The molecule has 2 atom stereocenters. The molecule has 15 heavy (non-hydrogen) atoms. The normalized spacial score (nSPS) is 23.1. The topological polar surface area (TPSA) is 21.3 Å². The largest absolute Gasteiger partial charge is 0.378 e. The van der Waals surface area contributed by atoms with Gasteiger partial charge in [-0.05, 0) is 55.1 Å². The third-order valence-electron chi connectivity index (χ3n) is 3.04. The van der Waals surface area contributed by atoms with E-state index in [-0.39, 0.29) is 0 Å². The van der Waals surface area contributed by atoms with Gasteiger partial charge in [0.05, 0.1) is 6.10 Å². The van der Waals surface area contributed by atoms with Gasteiger partial charge in [-0.2, -0.15) is 11.3 Å². The molecule has 0 aliphatic carbocycles. The first-order valence-corrected chi connectivity index (χ1v) is 6.62. The first kappa shape index (κ1) is 11.1. The summed E-state index contributed by atoms with van der Waals surface area (Å²) in [5.41, 5.74) is 1.44. The highest BCUT2D eigenvalue weighted by Crippen LogP contribution is 2.19. The Hall–Kier alpha value is -0.380. The number of thiophene rings is 1. The fraction of sp³-hybridized carbons (Fsp3) is 0.667. The molecule has 84 valence electrons. The van der Waals surface area contributed by atoms with Gasteiger partial charge in [0.25, 0.3) is 0 Å². The maximum atomic E-state index is 5.67. The van der Waals surface area contributed by atoms with E-state index in [1.54, 1.807) is 11.3 Å². The summed E-state index contributed by atoms with van der Waals surface area (Å²) in [5.74, 6) is 0. The summed E-state index contributed by atoms with van der Waals surface area (Å²) in [6, 6.07) is 2.77. The predicted molar refractivity (Wildman–Crippen MR) is 64.5 cm³/mol. The number of rotatable bonds is 5. The molecule has 0 radical (unpaired) electrons. The van der Waals surface area contributed by atoms with E-state index in [0.717, 1.165) is 19.4 Å². The Kier molecular flexibility index (Phi) is 4.18. The van der Waals surface area contributed by atoms with Gasteiger partial charge in [0.15, 0.2) is 0 Å². The fourth-order valence-electron chi connectivity index (χ4n) is 2.14. The smallest absolute Gasteiger partial charge is 0.0590 e. The van der Waals surface area contributed by atoms with E-state index in [4.69, 9.17) is 4.74 Å². The van der Waals surface area contributed by atoms with Crippen LogP contribution in [0.5, 0.6) is 0 Å². The summed E-state index contributed by atoms with van der Waals surface area (Å²) in [4.78, 5) is 0. The van der Waals surface area contributed by atoms with Gasteiger partial charge in [-0.1, -0.05) is 0 Å². The molecule has 0 saturated carbocycles. The van der Waals surface area contributed by atoms with Gasteiger partial charge in [-0.15, -0.1) is 0 Å². The molecular weight excluding hydrogens is 206 g/mol. The summed E-state index contributed by atoms with van der Waals surface area (Å²) in [6.07, 6.45) is 5.23. The maximum Gasteiger partial charge on any atom is 0.0590 e. The van der Waals surface area contributed by atoms with E-state index in [1.165, 1.54) is 18.4 Å². The van der Waals surface area contributed by atoms with E-state index < -0.39 is 0 Å². The Labute approximate surface area is 95.6 Å². The van der Waals surface area contributed by atoms with Crippen LogP contribution < -0.4 is 5.32 Å². The number of ether oxygens (including phenoxy) is 1. The molecule has 1 aliphatic rings. The maximum absolute atomic E-state index is 5.67. The molecule has 1 aliphatic heterocycles. The minimum Gasteiger partial charge on any atom is -0.378 e. The SMILES string of the molecule is CNC(Cc1ccsc1)CC1CCCO1. The van der Waals surface area contributed by atoms with Crippen molar-refractivity contribution in [1.29, 1.82) is 0 Å². The van der Waals surface area contributed by atoms with Crippen LogP contribution in [-0.2, 0) is 11.2 Å². The van der Waals surface area contributed by atoms with Crippen LogP contribution in [0.15, 0.2) is 16.8 Å². The van der Waals surface area contributed by atoms with E-state index in [1.807, 2.05) is 7.05 Å². The van der Waals surface area contributed by atoms with Gasteiger partial charge >= 0.3 is 0 Å². The monoisotopic (exact) mass is 225 g/mol. The van der Waals surface area contributed by atoms with Crippen LogP contribution in [0.25, 0.3) is 0 Å². The molecule has 2 unspecified atom stereocenters. The molecule has 1 fully saturated rings. The predicted octanol–water partition coefficient (Wildman–Crippen LogP) is 2.45. The minimum atomic E-state index is 0.487. The molecule has 2 nitrogen and oxygen atoms in total. The third-order valence-corrected chi connectivity index (χ3v) is 3.77. The van der Waals surface area contributed by atoms with Gasteiger partial charge in [0.2, 0.25) is 0 Å². The lowest BCUT2D eigenvalue weighted by atomic mass is 10.0. The third kappa shape index (κ3) is 3.30. The second kappa shape index (κ2) is 5.64. The van der Waals surface area contributed by atoms with Crippen molar-refractivity contribution in [2.75, 3.05) is 13.7 Å². The highest BCUT2D eigenvalue weighted by Gasteiger charge is 2.20. The van der Waals surface area contributed by atoms with Crippen LogP contribution in [0, 0.1) is 0 Å². The molecule has 0 aromatic carbocycles. The highest BCUT2D eigenvalue weighted by atomic mass is 32.1. The Morgan fingerprint density at radius 1 is 1.67 bits per heavy atom. The van der Waals surface area contributed by atoms with Gasteiger partial charge in [-0.3, -0.25) is 0 Å². The summed E-state index contributed by atoms with van der Waals surface area (Å²) < 4.78 is 5.67. The minimum absolute atomic E-state index is 0.487. The van der Waals surface area contributed by atoms with E-state index in [9.17, 15) is 0 Å². The van der Waals surface area contributed by atoms with Crippen molar-refractivity contribution >= 4 is 11.3 Å². The molecule has 3 heteroatoms. The second-order valence-electron chi connectivity index (χ2n) is 4.19. The molecule has 1 aromatic rings. The van der Waals surface area contributed by atoms with Crippen molar-refractivity contribution in [3.8, 4) is 0 Å². The summed E-state index contributed by atoms with van der Waals surface area (Å²) in [7, 11) is 2.05. The van der Waals surface area contributed by atoms with Crippen molar-refractivity contribution in [2.45, 2.75) is 37.8 Å². The van der Waals surface area contributed by atoms with Gasteiger partial charge in [0, 0.05) is 12.6 Å². The zero-order valence-electron chi connectivity index (χ0n) is 9.24. The average molecular weight is 225 g/mol. The number of hydrogen-bond donors (Lipinski definition) is 1. The summed E-state index contributed by atoms with van der Waals surface area (Å²) in [5, 5.41) is 7.77. The van der Waals surface area contributed by atoms with E-state index in [0.29, 0.717) is 12.1 Å². The molecule has 2 rings (SSSR count). The highest BCUT2D eigenvalue weighted by molar-refractivity contribution is 7.07. The standard InChI is InChI=1S/C12H19NOS/c1-13-11(7-10-4-6-15-9-10)8-12-3-2-5-14-12/h4,6,9,11-13H,2-3,5,7-8H2,1H3. The van der Waals surface area contributed by atoms with Crippen LogP contribution in [0.2, 0.25) is 0 Å². The first-order chi connectivity index (χ1) is 7.38. The molecule has 1 saturated heterocycles. The first-order valence-electron chi connectivity index (χ1n) is 5.68. The zero-order valence-corrected chi connectivity index (χ0v) is 10.1. The Bertz CT molecular complexity index is 267. The van der Waals surface area contributed by atoms with Crippen LogP contribution in [0.4, 0.5) is 0 Å². The Morgan fingerprint density at radius 3 is 3.20 bits per heavy atom. The van der Waals surface area contributed by atoms with Crippen molar-refractivity contribution < 1.29 is 4.74 Å². The summed E-state index contributed by atoms with van der Waals surface area (Å²) >= 11 is 1.78. The fourth-order valence-corrected chi connectivity index (χ4v) is 2.83. The van der Waals surface area contributed by atoms with E-state index in [2.05, 4.69) is 22.1 Å². The van der Waals surface area contributed by atoms with Gasteiger partial charge < -0.3 is 10.1 Å². The molecular formula is C12H19NOS. The van der Waals surface area contributed by atoms with Crippen molar-refractivity contribution in [3.05, 3.63) is 22.4 Å². The number of nitrogens with one attached hydrogen (secondary N) is 1. The van der Waals surface area contributed by atoms with Crippen LogP contribution in [0.1, 0.15) is 24.8 Å². The van der Waals surface area contributed by atoms with Gasteiger partial charge in [-0.25, -0.2) is 0 Å². The van der Waals surface area contributed by atoms with Crippen LogP contribution >= 0.6 is 11.3 Å². The molecule has 0 amide bonds.